The van der Waals surface area contributed by atoms with Crippen LogP contribution < -0.4 is 20.7 Å². The smallest absolute Gasteiger partial charge is 0.332 e. The molecule has 9 heteroatoms. The summed E-state index contributed by atoms with van der Waals surface area (Å²) in [6.45, 7) is 0.370. The number of rotatable bonds is 7. The van der Waals surface area contributed by atoms with Crippen LogP contribution in [0, 0.1) is 5.82 Å². The lowest BCUT2D eigenvalue weighted by Gasteiger charge is -2.15. The van der Waals surface area contributed by atoms with Gasteiger partial charge in [0, 0.05) is 16.4 Å². The van der Waals surface area contributed by atoms with Gasteiger partial charge in [0.05, 0.1) is 26.2 Å². The number of benzene rings is 2. The Bertz CT molecular complexity index is 1570. The van der Waals surface area contributed by atoms with Gasteiger partial charge in [0.2, 0.25) is 0 Å². The van der Waals surface area contributed by atoms with Gasteiger partial charge in [-0.1, -0.05) is 23.7 Å². The molecule has 2 aromatic carbocycles. The third kappa shape index (κ3) is 4.44. The van der Waals surface area contributed by atoms with Gasteiger partial charge in [-0.05, 0) is 73.1 Å². The van der Waals surface area contributed by atoms with Gasteiger partial charge in [-0.25, -0.2) is 9.18 Å². The molecule has 0 fully saturated rings. The van der Waals surface area contributed by atoms with E-state index >= 15 is 0 Å². The number of fused-ring (bicyclic) bond motifs is 3. The van der Waals surface area contributed by atoms with Crippen molar-refractivity contribution in [3.8, 4) is 11.5 Å². The third-order valence-corrected chi connectivity index (χ3v) is 8.40. The highest BCUT2D eigenvalue weighted by Gasteiger charge is 2.24. The van der Waals surface area contributed by atoms with Crippen LogP contribution in [0.25, 0.3) is 10.2 Å². The van der Waals surface area contributed by atoms with E-state index in [4.69, 9.17) is 21.1 Å². The van der Waals surface area contributed by atoms with Crippen molar-refractivity contribution in [3.63, 3.8) is 0 Å². The molecule has 0 radical (unpaired) electrons. The van der Waals surface area contributed by atoms with Crippen LogP contribution in [0.15, 0.2) is 46.0 Å². The summed E-state index contributed by atoms with van der Waals surface area (Å²) in [7, 11) is 3.14. The maximum atomic E-state index is 13.7. The number of hydrogen-bond acceptors (Lipinski definition) is 5. The highest BCUT2D eigenvalue weighted by molar-refractivity contribution is 7.18. The molecule has 0 spiro atoms. The molecule has 0 aliphatic heterocycles. The number of ether oxygens (including phenoxy) is 2. The molecule has 5 rings (SSSR count). The first-order valence-electron chi connectivity index (χ1n) is 11.8. The average Bonchev–Trinajstić information content (AvgIpc) is 3.27. The third-order valence-electron chi connectivity index (χ3n) is 6.73. The van der Waals surface area contributed by atoms with Gasteiger partial charge in [-0.2, -0.15) is 0 Å². The Morgan fingerprint density at radius 1 is 1.00 bits per heavy atom. The molecule has 1 aliphatic rings. The number of aryl methyl sites for hydroxylation is 3. The Morgan fingerprint density at radius 3 is 2.53 bits per heavy atom. The maximum Gasteiger partial charge on any atom is 0.332 e. The number of nitrogens with zero attached hydrogens (tertiary/aromatic N) is 2. The van der Waals surface area contributed by atoms with Crippen molar-refractivity contribution in [1.82, 2.24) is 9.13 Å². The number of hydrogen-bond donors (Lipinski definition) is 0. The summed E-state index contributed by atoms with van der Waals surface area (Å²) in [5, 5.41) is 0.874. The zero-order valence-electron chi connectivity index (χ0n) is 20.1. The largest absolute Gasteiger partial charge is 0.493 e. The van der Waals surface area contributed by atoms with E-state index in [-0.39, 0.29) is 23.7 Å². The molecule has 36 heavy (non-hydrogen) atoms. The van der Waals surface area contributed by atoms with Gasteiger partial charge < -0.3 is 9.47 Å². The van der Waals surface area contributed by atoms with Crippen molar-refractivity contribution in [2.24, 2.45) is 0 Å². The van der Waals surface area contributed by atoms with Gasteiger partial charge >= 0.3 is 5.69 Å². The summed E-state index contributed by atoms with van der Waals surface area (Å²) in [4.78, 5) is 29.2. The topological polar surface area (TPSA) is 62.5 Å². The minimum absolute atomic E-state index is 0.157. The van der Waals surface area contributed by atoms with Crippen molar-refractivity contribution in [2.45, 2.75) is 45.2 Å². The molecule has 0 saturated heterocycles. The lowest BCUT2D eigenvalue weighted by Crippen LogP contribution is -2.40. The normalized spacial score (nSPS) is 13.1. The summed E-state index contributed by atoms with van der Waals surface area (Å²) in [5.41, 5.74) is 1.95. The molecule has 0 saturated carbocycles. The Kier molecular flexibility index (Phi) is 6.90. The van der Waals surface area contributed by atoms with E-state index in [0.29, 0.717) is 33.7 Å². The second-order valence-electron chi connectivity index (χ2n) is 8.89. The van der Waals surface area contributed by atoms with Crippen LogP contribution in [-0.2, 0) is 32.4 Å². The first-order chi connectivity index (χ1) is 17.4. The maximum absolute atomic E-state index is 13.7. The van der Waals surface area contributed by atoms with E-state index < -0.39 is 11.5 Å². The Morgan fingerprint density at radius 2 is 1.78 bits per heavy atom. The lowest BCUT2D eigenvalue weighted by molar-refractivity contribution is 0.354. The standard InChI is InChI=1S/C27H26ClFN2O4S/c1-34-21-10-7-16(13-22(21)35-2)11-12-30-25(32)24-19-5-3-4-6-23(19)36-26(24)31(27(30)33)15-17-8-9-18(29)14-20(17)28/h7-10,13-14H,3-6,11-12,15H2,1-2H3. The number of methoxy groups -OCH3 is 2. The fraction of sp³-hybridized carbons (Fsp3) is 0.333. The van der Waals surface area contributed by atoms with Crippen LogP contribution in [-0.4, -0.2) is 23.4 Å². The van der Waals surface area contributed by atoms with Crippen LogP contribution in [0.2, 0.25) is 5.02 Å². The highest BCUT2D eigenvalue weighted by Crippen LogP contribution is 2.35. The summed E-state index contributed by atoms with van der Waals surface area (Å²) in [6.07, 6.45) is 4.29. The van der Waals surface area contributed by atoms with Gasteiger partial charge in [-0.3, -0.25) is 13.9 Å². The Balaban J connectivity index is 1.61. The molecule has 0 bridgehead atoms. The molecule has 188 valence electrons. The summed E-state index contributed by atoms with van der Waals surface area (Å²) >= 11 is 7.82. The van der Waals surface area contributed by atoms with Crippen molar-refractivity contribution in [1.29, 1.82) is 0 Å². The molecular formula is C27H26ClFN2O4S. The van der Waals surface area contributed by atoms with Gasteiger partial charge in [0.15, 0.2) is 11.5 Å². The first-order valence-corrected chi connectivity index (χ1v) is 13.0. The summed E-state index contributed by atoms with van der Waals surface area (Å²) in [5.74, 6) is 0.768. The first kappa shape index (κ1) is 24.6. The van der Waals surface area contributed by atoms with Crippen molar-refractivity contribution in [3.05, 3.63) is 89.6 Å². The Labute approximate surface area is 216 Å². The minimum Gasteiger partial charge on any atom is -0.493 e. The van der Waals surface area contributed by atoms with Crippen molar-refractivity contribution >= 4 is 33.2 Å². The molecule has 0 N–H and O–H groups in total. The number of halogens is 2. The molecule has 0 atom stereocenters. The second kappa shape index (κ2) is 10.1. The zero-order chi connectivity index (χ0) is 25.4. The SMILES string of the molecule is COc1ccc(CCn2c(=O)c3c4c(sc3n(Cc3ccc(F)cc3Cl)c2=O)CCCC4)cc1OC. The van der Waals surface area contributed by atoms with E-state index in [2.05, 4.69) is 0 Å². The van der Waals surface area contributed by atoms with Gasteiger partial charge in [0.1, 0.15) is 10.6 Å². The monoisotopic (exact) mass is 528 g/mol. The van der Waals surface area contributed by atoms with E-state index in [1.165, 1.54) is 32.9 Å². The van der Waals surface area contributed by atoms with E-state index in [9.17, 15) is 14.0 Å². The number of aromatic nitrogens is 2. The molecule has 2 heterocycles. The predicted octanol–water partition coefficient (Wildman–Crippen LogP) is 5.20. The molecule has 4 aromatic rings. The van der Waals surface area contributed by atoms with Crippen LogP contribution >= 0.6 is 22.9 Å². The predicted molar refractivity (Wildman–Crippen MR) is 141 cm³/mol. The van der Waals surface area contributed by atoms with Gasteiger partial charge in [0.25, 0.3) is 5.56 Å². The molecule has 6 nitrogen and oxygen atoms in total. The Hall–Kier alpha value is -3.10. The fourth-order valence-corrected chi connectivity index (χ4v) is 6.45. The lowest BCUT2D eigenvalue weighted by atomic mass is 9.97. The molecule has 2 aromatic heterocycles. The van der Waals surface area contributed by atoms with Crippen LogP contribution in [0.3, 0.4) is 0 Å². The molecule has 1 aliphatic carbocycles. The highest BCUT2D eigenvalue weighted by atomic mass is 35.5. The summed E-state index contributed by atoms with van der Waals surface area (Å²) < 4.78 is 27.3. The number of thiophene rings is 1. The van der Waals surface area contributed by atoms with E-state index in [0.717, 1.165) is 36.8 Å². The van der Waals surface area contributed by atoms with Crippen LogP contribution in [0.4, 0.5) is 4.39 Å². The van der Waals surface area contributed by atoms with Crippen molar-refractivity contribution < 1.29 is 13.9 Å². The second-order valence-corrected chi connectivity index (χ2v) is 10.4. The minimum atomic E-state index is -0.437. The molecular weight excluding hydrogens is 503 g/mol. The van der Waals surface area contributed by atoms with Crippen LogP contribution in [0.5, 0.6) is 11.5 Å². The zero-order valence-corrected chi connectivity index (χ0v) is 21.7. The molecule has 0 unspecified atom stereocenters. The summed E-state index contributed by atoms with van der Waals surface area (Å²) in [6, 6.07) is 9.72. The van der Waals surface area contributed by atoms with Crippen molar-refractivity contribution in [2.75, 3.05) is 14.2 Å². The van der Waals surface area contributed by atoms with E-state index in [1.54, 1.807) is 24.9 Å². The van der Waals surface area contributed by atoms with E-state index in [1.807, 2.05) is 18.2 Å². The fourth-order valence-electron chi connectivity index (χ4n) is 4.85. The average molecular weight is 529 g/mol. The van der Waals surface area contributed by atoms with Gasteiger partial charge in [-0.15, -0.1) is 11.3 Å². The van der Waals surface area contributed by atoms with Crippen LogP contribution in [0.1, 0.15) is 34.4 Å². The quantitative estimate of drug-likeness (QED) is 0.330. The molecule has 0 amide bonds.